The number of halogens is 2. The maximum absolute atomic E-state index is 6.09. The smallest absolute Gasteiger partial charge is 0.193 e. The lowest BCUT2D eigenvalue weighted by Crippen LogP contribution is -2.40. The summed E-state index contributed by atoms with van der Waals surface area (Å²) in [5.41, 5.74) is 2.38. The van der Waals surface area contributed by atoms with E-state index in [2.05, 4.69) is 40.0 Å². The lowest BCUT2D eigenvalue weighted by atomic mass is 10.1. The van der Waals surface area contributed by atoms with E-state index in [1.165, 1.54) is 10.9 Å². The monoisotopic (exact) mass is 460 g/mol. The third kappa shape index (κ3) is 5.70. The van der Waals surface area contributed by atoms with Crippen molar-refractivity contribution in [2.45, 2.75) is 19.3 Å². The molecule has 0 unspecified atom stereocenters. The zero-order valence-corrected chi connectivity index (χ0v) is 17.4. The van der Waals surface area contributed by atoms with Crippen LogP contribution in [0.1, 0.15) is 18.4 Å². The molecule has 1 aromatic carbocycles. The molecule has 0 aliphatic rings. The van der Waals surface area contributed by atoms with Crippen molar-refractivity contribution in [1.29, 1.82) is 0 Å². The molecule has 0 atom stereocenters. The molecule has 132 valence electrons. The summed E-state index contributed by atoms with van der Waals surface area (Å²) in [4.78, 5) is 9.78. The number of rotatable bonds is 7. The summed E-state index contributed by atoms with van der Waals surface area (Å²) in [6, 6.07) is 5.93. The number of hydrogen-bond acceptors (Lipinski definition) is 1. The van der Waals surface area contributed by atoms with E-state index >= 15 is 0 Å². The van der Waals surface area contributed by atoms with Gasteiger partial charge in [0, 0.05) is 49.3 Å². The Kier molecular flexibility index (Phi) is 9.21. The summed E-state index contributed by atoms with van der Waals surface area (Å²) in [5.74, 6) is 0.923. The summed E-state index contributed by atoms with van der Waals surface area (Å²) < 4.78 is 0. The van der Waals surface area contributed by atoms with Crippen molar-refractivity contribution in [2.24, 2.45) is 4.99 Å². The molecule has 1 heterocycles. The molecule has 2 N–H and O–H groups in total. The molecule has 2 aromatic rings. The van der Waals surface area contributed by atoms with Crippen LogP contribution in [0.25, 0.3) is 10.9 Å². The zero-order chi connectivity index (χ0) is 16.7. The van der Waals surface area contributed by atoms with Gasteiger partial charge in [0.05, 0.1) is 0 Å². The minimum Gasteiger partial charge on any atom is -0.361 e. The summed E-state index contributed by atoms with van der Waals surface area (Å²) in [5, 5.41) is 5.37. The number of unbranched alkanes of at least 4 members (excludes halogenated alkanes) is 1. The Morgan fingerprint density at radius 1 is 1.46 bits per heavy atom. The van der Waals surface area contributed by atoms with Crippen LogP contribution in [-0.4, -0.2) is 43.0 Å². The van der Waals surface area contributed by atoms with Gasteiger partial charge in [-0.05, 0) is 43.0 Å². The largest absolute Gasteiger partial charge is 0.361 e. The standard InChI is InChI=1S/C18H25ClN4.HI/c1-4-5-6-11-23(3)18(20-2)21-10-9-14-13-22-17-8-7-15(19)12-16(14)17;/h4,7-8,12-13,22H,1,5-6,9-11H2,2-3H3,(H,20,21);1H. The van der Waals surface area contributed by atoms with Crippen molar-refractivity contribution in [1.82, 2.24) is 15.2 Å². The Hall–Kier alpha value is -1.21. The highest BCUT2D eigenvalue weighted by Crippen LogP contribution is 2.22. The maximum atomic E-state index is 6.09. The Morgan fingerprint density at radius 3 is 2.96 bits per heavy atom. The van der Waals surface area contributed by atoms with Crippen molar-refractivity contribution in [3.05, 3.63) is 47.6 Å². The number of fused-ring (bicyclic) bond motifs is 1. The van der Waals surface area contributed by atoms with Crippen LogP contribution >= 0.6 is 35.6 Å². The van der Waals surface area contributed by atoms with Crippen molar-refractivity contribution in [2.75, 3.05) is 27.2 Å². The summed E-state index contributed by atoms with van der Waals surface area (Å²) in [6.45, 7) is 5.55. The minimum absolute atomic E-state index is 0. The van der Waals surface area contributed by atoms with Crippen LogP contribution in [0, 0.1) is 0 Å². The molecule has 0 radical (unpaired) electrons. The molecule has 0 bridgehead atoms. The van der Waals surface area contributed by atoms with E-state index in [1.54, 1.807) is 0 Å². The van der Waals surface area contributed by atoms with E-state index in [-0.39, 0.29) is 24.0 Å². The topological polar surface area (TPSA) is 43.4 Å². The van der Waals surface area contributed by atoms with E-state index in [4.69, 9.17) is 11.6 Å². The number of aromatic amines is 1. The van der Waals surface area contributed by atoms with E-state index in [0.717, 1.165) is 48.9 Å². The first-order valence-corrected chi connectivity index (χ1v) is 8.31. The van der Waals surface area contributed by atoms with Gasteiger partial charge >= 0.3 is 0 Å². The highest BCUT2D eigenvalue weighted by atomic mass is 127. The molecule has 4 nitrogen and oxygen atoms in total. The Balaban J connectivity index is 0.00000288. The SMILES string of the molecule is C=CCCCN(C)C(=NC)NCCc1c[nH]c2ccc(Cl)cc12.I. The molecular formula is C18H26ClIN4. The lowest BCUT2D eigenvalue weighted by Gasteiger charge is -2.21. The average molecular weight is 461 g/mol. The third-order valence-corrected chi connectivity index (χ3v) is 4.12. The van der Waals surface area contributed by atoms with Crippen molar-refractivity contribution < 1.29 is 0 Å². The van der Waals surface area contributed by atoms with E-state index in [0.29, 0.717) is 0 Å². The Bertz CT molecular complexity index is 681. The molecule has 0 fully saturated rings. The second-order valence-electron chi connectivity index (χ2n) is 5.58. The first-order chi connectivity index (χ1) is 11.2. The van der Waals surface area contributed by atoms with Gasteiger partial charge in [-0.3, -0.25) is 4.99 Å². The number of guanidine groups is 1. The molecule has 0 saturated heterocycles. The van der Waals surface area contributed by atoms with Gasteiger partial charge in [-0.2, -0.15) is 0 Å². The van der Waals surface area contributed by atoms with Gasteiger partial charge in [0.15, 0.2) is 5.96 Å². The molecule has 0 amide bonds. The van der Waals surface area contributed by atoms with Gasteiger partial charge in [0.2, 0.25) is 0 Å². The first kappa shape index (κ1) is 20.8. The molecule has 0 aliphatic heterocycles. The van der Waals surface area contributed by atoms with Gasteiger partial charge in [0.25, 0.3) is 0 Å². The number of H-pyrrole nitrogens is 1. The van der Waals surface area contributed by atoms with E-state index in [1.807, 2.05) is 31.3 Å². The number of nitrogens with one attached hydrogen (secondary N) is 2. The molecule has 0 spiro atoms. The predicted molar refractivity (Wildman–Crippen MR) is 116 cm³/mol. The molecular weight excluding hydrogens is 435 g/mol. The number of aromatic nitrogens is 1. The molecule has 0 aliphatic carbocycles. The van der Waals surface area contributed by atoms with Gasteiger partial charge < -0.3 is 15.2 Å². The quantitative estimate of drug-likeness (QED) is 0.211. The summed E-state index contributed by atoms with van der Waals surface area (Å²) in [7, 11) is 3.88. The number of hydrogen-bond donors (Lipinski definition) is 2. The Morgan fingerprint density at radius 2 is 2.25 bits per heavy atom. The van der Waals surface area contributed by atoms with E-state index in [9.17, 15) is 0 Å². The normalized spacial score (nSPS) is 11.2. The van der Waals surface area contributed by atoms with Crippen LogP contribution in [0.2, 0.25) is 5.02 Å². The van der Waals surface area contributed by atoms with Gasteiger partial charge in [-0.15, -0.1) is 30.6 Å². The molecule has 24 heavy (non-hydrogen) atoms. The molecule has 2 rings (SSSR count). The van der Waals surface area contributed by atoms with Crippen LogP contribution < -0.4 is 5.32 Å². The molecule has 6 heteroatoms. The lowest BCUT2D eigenvalue weighted by molar-refractivity contribution is 0.470. The third-order valence-electron chi connectivity index (χ3n) is 3.88. The zero-order valence-electron chi connectivity index (χ0n) is 14.3. The van der Waals surface area contributed by atoms with Crippen molar-refractivity contribution in [3.63, 3.8) is 0 Å². The molecule has 0 saturated carbocycles. The van der Waals surface area contributed by atoms with Crippen LogP contribution in [0.15, 0.2) is 42.0 Å². The first-order valence-electron chi connectivity index (χ1n) is 7.94. The highest BCUT2D eigenvalue weighted by molar-refractivity contribution is 14.0. The van der Waals surface area contributed by atoms with Crippen molar-refractivity contribution >= 4 is 52.4 Å². The summed E-state index contributed by atoms with van der Waals surface area (Å²) >= 11 is 6.09. The number of benzene rings is 1. The fraction of sp³-hybridized carbons (Fsp3) is 0.389. The van der Waals surface area contributed by atoms with Crippen LogP contribution in [0.3, 0.4) is 0 Å². The van der Waals surface area contributed by atoms with Crippen LogP contribution in [-0.2, 0) is 6.42 Å². The molecule has 1 aromatic heterocycles. The maximum Gasteiger partial charge on any atom is 0.193 e. The second-order valence-corrected chi connectivity index (χ2v) is 6.02. The number of nitrogens with zero attached hydrogens (tertiary/aromatic N) is 2. The minimum atomic E-state index is 0. The van der Waals surface area contributed by atoms with Crippen LogP contribution in [0.4, 0.5) is 0 Å². The average Bonchev–Trinajstić information content (AvgIpc) is 2.94. The Labute approximate surface area is 166 Å². The van der Waals surface area contributed by atoms with E-state index < -0.39 is 0 Å². The van der Waals surface area contributed by atoms with Gasteiger partial charge in [-0.25, -0.2) is 0 Å². The van der Waals surface area contributed by atoms with Gasteiger partial charge in [0.1, 0.15) is 0 Å². The fourth-order valence-electron chi connectivity index (χ4n) is 2.63. The highest BCUT2D eigenvalue weighted by Gasteiger charge is 2.07. The van der Waals surface area contributed by atoms with Crippen LogP contribution in [0.5, 0.6) is 0 Å². The second kappa shape index (κ2) is 10.6. The fourth-order valence-corrected chi connectivity index (χ4v) is 2.80. The van der Waals surface area contributed by atoms with Gasteiger partial charge in [-0.1, -0.05) is 17.7 Å². The summed E-state index contributed by atoms with van der Waals surface area (Å²) in [6.07, 6.45) is 7.03. The van der Waals surface area contributed by atoms with Crippen molar-refractivity contribution in [3.8, 4) is 0 Å². The predicted octanol–water partition coefficient (Wildman–Crippen LogP) is 4.46. The number of aliphatic imine (C=N–C) groups is 1. The number of allylic oxidation sites excluding steroid dienone is 1.